The molecule has 1 saturated carbocycles. The topological polar surface area (TPSA) is 47.6 Å². The molecular weight excluding hydrogens is 290 g/mol. The van der Waals surface area contributed by atoms with E-state index in [2.05, 4.69) is 17.4 Å². The van der Waals surface area contributed by atoms with Gasteiger partial charge in [0.1, 0.15) is 5.60 Å². The minimum atomic E-state index is -0.447. The van der Waals surface area contributed by atoms with Gasteiger partial charge in [0.05, 0.1) is 6.61 Å². The first-order valence-electron chi connectivity index (χ1n) is 8.53. The van der Waals surface area contributed by atoms with Crippen LogP contribution in [0.1, 0.15) is 52.0 Å². The molecule has 0 heterocycles. The van der Waals surface area contributed by atoms with E-state index in [9.17, 15) is 4.79 Å². The first-order valence-corrected chi connectivity index (χ1v) is 8.53. The Morgan fingerprint density at radius 2 is 1.96 bits per heavy atom. The van der Waals surface area contributed by atoms with Gasteiger partial charge in [0.15, 0.2) is 0 Å². The van der Waals surface area contributed by atoms with Crippen molar-refractivity contribution in [3.05, 3.63) is 35.9 Å². The SMILES string of the molecule is CC(C)(C)OC(=O)N[C@@H]1CCCC(COCc2ccccc2)C1. The number of hydrogen-bond acceptors (Lipinski definition) is 3. The van der Waals surface area contributed by atoms with Crippen LogP contribution in [0.2, 0.25) is 0 Å². The summed E-state index contributed by atoms with van der Waals surface area (Å²) in [5, 5.41) is 3.00. The zero-order chi connectivity index (χ0) is 16.7. The van der Waals surface area contributed by atoms with Crippen LogP contribution in [0.4, 0.5) is 4.79 Å². The second kappa shape index (κ2) is 8.34. The van der Waals surface area contributed by atoms with Gasteiger partial charge in [-0.15, -0.1) is 0 Å². The molecule has 1 aromatic rings. The molecule has 0 bridgehead atoms. The second-order valence-electron chi connectivity index (χ2n) is 7.38. The maximum absolute atomic E-state index is 11.9. The molecule has 1 amide bonds. The molecule has 2 atom stereocenters. The summed E-state index contributed by atoms with van der Waals surface area (Å²) in [4.78, 5) is 11.9. The van der Waals surface area contributed by atoms with Crippen LogP contribution in [-0.2, 0) is 16.1 Å². The molecule has 0 radical (unpaired) electrons. The lowest BCUT2D eigenvalue weighted by molar-refractivity contribution is 0.0432. The van der Waals surface area contributed by atoms with Gasteiger partial charge in [0, 0.05) is 12.6 Å². The number of carbonyl (C=O) groups is 1. The maximum atomic E-state index is 11.9. The number of carbonyl (C=O) groups excluding carboxylic acids is 1. The van der Waals surface area contributed by atoms with Crippen molar-refractivity contribution in [2.24, 2.45) is 5.92 Å². The Balaban J connectivity index is 1.70. The number of amides is 1. The highest BCUT2D eigenvalue weighted by molar-refractivity contribution is 5.68. The number of rotatable bonds is 5. The monoisotopic (exact) mass is 319 g/mol. The highest BCUT2D eigenvalue weighted by Gasteiger charge is 2.25. The van der Waals surface area contributed by atoms with Crippen molar-refractivity contribution in [3.63, 3.8) is 0 Å². The van der Waals surface area contributed by atoms with E-state index in [1.807, 2.05) is 39.0 Å². The fourth-order valence-electron chi connectivity index (χ4n) is 2.97. The first kappa shape index (κ1) is 17.8. The lowest BCUT2D eigenvalue weighted by atomic mass is 9.86. The van der Waals surface area contributed by atoms with E-state index in [0.717, 1.165) is 25.9 Å². The summed E-state index contributed by atoms with van der Waals surface area (Å²) in [5.41, 5.74) is 0.753. The molecule has 0 saturated heterocycles. The summed E-state index contributed by atoms with van der Waals surface area (Å²) in [6.45, 7) is 7.05. The van der Waals surface area contributed by atoms with Crippen LogP contribution in [0.15, 0.2) is 30.3 Å². The van der Waals surface area contributed by atoms with Gasteiger partial charge in [0.25, 0.3) is 0 Å². The van der Waals surface area contributed by atoms with Gasteiger partial charge >= 0.3 is 6.09 Å². The first-order chi connectivity index (χ1) is 10.9. The Hall–Kier alpha value is -1.55. The molecule has 1 aliphatic rings. The van der Waals surface area contributed by atoms with E-state index >= 15 is 0 Å². The zero-order valence-electron chi connectivity index (χ0n) is 14.5. The normalized spacial score (nSPS) is 21.7. The van der Waals surface area contributed by atoms with E-state index in [-0.39, 0.29) is 12.1 Å². The smallest absolute Gasteiger partial charge is 0.407 e. The van der Waals surface area contributed by atoms with Crippen molar-refractivity contribution in [3.8, 4) is 0 Å². The summed E-state index contributed by atoms with van der Waals surface area (Å²) >= 11 is 0. The van der Waals surface area contributed by atoms with Gasteiger partial charge < -0.3 is 14.8 Å². The molecule has 4 heteroatoms. The molecule has 1 aromatic carbocycles. The van der Waals surface area contributed by atoms with E-state index in [4.69, 9.17) is 9.47 Å². The standard InChI is InChI=1S/C19H29NO3/c1-19(2,3)23-18(21)20-17-11-7-10-16(12-17)14-22-13-15-8-5-4-6-9-15/h4-6,8-9,16-17H,7,10-14H2,1-3H3,(H,20,21)/t16?,17-/m1/s1. The van der Waals surface area contributed by atoms with Gasteiger partial charge in [-0.1, -0.05) is 36.8 Å². The van der Waals surface area contributed by atoms with Crippen LogP contribution in [-0.4, -0.2) is 24.3 Å². The van der Waals surface area contributed by atoms with E-state index in [1.54, 1.807) is 0 Å². The predicted molar refractivity (Wildman–Crippen MR) is 91.2 cm³/mol. The Labute approximate surface area is 139 Å². The molecule has 128 valence electrons. The Morgan fingerprint density at radius 3 is 2.65 bits per heavy atom. The molecule has 0 spiro atoms. The summed E-state index contributed by atoms with van der Waals surface area (Å²) in [6.07, 6.45) is 3.97. The van der Waals surface area contributed by atoms with Gasteiger partial charge in [-0.25, -0.2) is 4.79 Å². The van der Waals surface area contributed by atoms with E-state index in [0.29, 0.717) is 12.5 Å². The van der Waals surface area contributed by atoms with Crippen LogP contribution in [0.5, 0.6) is 0 Å². The fourth-order valence-corrected chi connectivity index (χ4v) is 2.97. The average Bonchev–Trinajstić information content (AvgIpc) is 2.46. The fraction of sp³-hybridized carbons (Fsp3) is 0.632. The van der Waals surface area contributed by atoms with Gasteiger partial charge in [-0.05, 0) is 51.5 Å². The van der Waals surface area contributed by atoms with Crippen molar-refractivity contribution in [2.75, 3.05) is 6.61 Å². The van der Waals surface area contributed by atoms with Gasteiger partial charge in [-0.2, -0.15) is 0 Å². The third-order valence-electron chi connectivity index (χ3n) is 3.97. The van der Waals surface area contributed by atoms with Gasteiger partial charge in [0.2, 0.25) is 0 Å². The average molecular weight is 319 g/mol. The molecule has 1 N–H and O–H groups in total. The zero-order valence-corrected chi connectivity index (χ0v) is 14.5. The molecule has 2 rings (SSSR count). The molecule has 1 fully saturated rings. The Morgan fingerprint density at radius 1 is 1.22 bits per heavy atom. The van der Waals surface area contributed by atoms with Crippen LogP contribution in [0.3, 0.4) is 0 Å². The summed E-state index contributed by atoms with van der Waals surface area (Å²) in [5.74, 6) is 0.507. The van der Waals surface area contributed by atoms with Crippen LogP contribution in [0, 0.1) is 5.92 Å². The van der Waals surface area contributed by atoms with Crippen molar-refractivity contribution in [2.45, 2.75) is 64.7 Å². The third-order valence-corrected chi connectivity index (χ3v) is 3.97. The number of alkyl carbamates (subject to hydrolysis) is 1. The second-order valence-corrected chi connectivity index (χ2v) is 7.38. The summed E-state index contributed by atoms with van der Waals surface area (Å²) in [6, 6.07) is 10.4. The lowest BCUT2D eigenvalue weighted by Crippen LogP contribution is -2.42. The Kier molecular flexibility index (Phi) is 6.46. The molecular formula is C19H29NO3. The number of nitrogens with one attached hydrogen (secondary N) is 1. The summed E-state index contributed by atoms with van der Waals surface area (Å²) in [7, 11) is 0. The van der Waals surface area contributed by atoms with Crippen molar-refractivity contribution >= 4 is 6.09 Å². The highest BCUT2D eigenvalue weighted by Crippen LogP contribution is 2.25. The maximum Gasteiger partial charge on any atom is 0.407 e. The molecule has 0 aromatic heterocycles. The van der Waals surface area contributed by atoms with Crippen molar-refractivity contribution < 1.29 is 14.3 Å². The highest BCUT2D eigenvalue weighted by atomic mass is 16.6. The molecule has 23 heavy (non-hydrogen) atoms. The number of hydrogen-bond donors (Lipinski definition) is 1. The van der Waals surface area contributed by atoms with Crippen molar-refractivity contribution in [1.82, 2.24) is 5.32 Å². The number of benzene rings is 1. The molecule has 1 aliphatic carbocycles. The lowest BCUT2D eigenvalue weighted by Gasteiger charge is -2.30. The van der Waals surface area contributed by atoms with E-state index < -0.39 is 5.60 Å². The predicted octanol–water partition coefficient (Wildman–Crippen LogP) is 4.29. The van der Waals surface area contributed by atoms with Crippen LogP contribution in [0.25, 0.3) is 0 Å². The molecule has 0 aliphatic heterocycles. The molecule has 1 unspecified atom stereocenters. The summed E-state index contributed by atoms with van der Waals surface area (Å²) < 4.78 is 11.2. The minimum absolute atomic E-state index is 0.198. The number of ether oxygens (including phenoxy) is 2. The third kappa shape index (κ3) is 7.04. The quantitative estimate of drug-likeness (QED) is 0.881. The van der Waals surface area contributed by atoms with Crippen LogP contribution >= 0.6 is 0 Å². The van der Waals surface area contributed by atoms with Crippen molar-refractivity contribution in [1.29, 1.82) is 0 Å². The van der Waals surface area contributed by atoms with Gasteiger partial charge in [-0.3, -0.25) is 0 Å². The Bertz CT molecular complexity index is 481. The molecule has 4 nitrogen and oxygen atoms in total. The van der Waals surface area contributed by atoms with E-state index in [1.165, 1.54) is 12.0 Å². The largest absolute Gasteiger partial charge is 0.444 e. The minimum Gasteiger partial charge on any atom is -0.444 e. The van der Waals surface area contributed by atoms with Crippen LogP contribution < -0.4 is 5.32 Å².